The Kier molecular flexibility index (Phi) is 4.65. The molecule has 23 heavy (non-hydrogen) atoms. The number of aromatic nitrogens is 2. The number of benzene rings is 1. The highest BCUT2D eigenvalue weighted by Crippen LogP contribution is 2.31. The summed E-state index contributed by atoms with van der Waals surface area (Å²) >= 11 is 0. The number of fused-ring (bicyclic) bond motifs is 1. The summed E-state index contributed by atoms with van der Waals surface area (Å²) in [5.41, 5.74) is 2.53. The molecule has 1 aromatic heterocycles. The second-order valence-electron chi connectivity index (χ2n) is 7.41. The van der Waals surface area contributed by atoms with Crippen molar-refractivity contribution >= 4 is 11.0 Å². The van der Waals surface area contributed by atoms with E-state index in [1.807, 2.05) is 0 Å². The zero-order valence-electron chi connectivity index (χ0n) is 14.1. The van der Waals surface area contributed by atoms with Gasteiger partial charge in [-0.05, 0) is 50.4 Å². The average Bonchev–Trinajstić information content (AvgIpc) is 3.00. The minimum atomic E-state index is 0.630. The molecule has 1 saturated heterocycles. The lowest BCUT2D eigenvalue weighted by atomic mass is 9.86. The molecule has 2 aliphatic rings. The number of imidazole rings is 1. The van der Waals surface area contributed by atoms with Crippen LogP contribution in [-0.4, -0.2) is 22.6 Å². The fourth-order valence-corrected chi connectivity index (χ4v) is 4.55. The summed E-state index contributed by atoms with van der Waals surface area (Å²) in [6.07, 6.45) is 12.2. The number of nitrogens with zero attached hydrogens (tertiary/aromatic N) is 2. The standard InChI is InChI=1S/C20H29N3/c1-2-6-16(7-3-1)10-11-20-22-18-8-4-5-9-19(18)23(20)17-12-14-21-15-13-17/h4-5,8-9,16-17,21H,1-3,6-7,10-15H2. The van der Waals surface area contributed by atoms with E-state index in [1.54, 1.807) is 0 Å². The van der Waals surface area contributed by atoms with Gasteiger partial charge in [0.1, 0.15) is 5.82 Å². The molecule has 0 bridgehead atoms. The van der Waals surface area contributed by atoms with Gasteiger partial charge in [-0.25, -0.2) is 4.98 Å². The third kappa shape index (κ3) is 3.30. The summed E-state index contributed by atoms with van der Waals surface area (Å²) < 4.78 is 2.58. The van der Waals surface area contributed by atoms with Crippen LogP contribution in [0.5, 0.6) is 0 Å². The van der Waals surface area contributed by atoms with E-state index in [0.29, 0.717) is 6.04 Å². The third-order valence-electron chi connectivity index (χ3n) is 5.84. The van der Waals surface area contributed by atoms with Crippen LogP contribution in [0.4, 0.5) is 0 Å². The molecule has 2 fully saturated rings. The van der Waals surface area contributed by atoms with E-state index < -0.39 is 0 Å². The van der Waals surface area contributed by atoms with Gasteiger partial charge in [0.15, 0.2) is 0 Å². The van der Waals surface area contributed by atoms with E-state index in [0.717, 1.165) is 25.4 Å². The fraction of sp³-hybridized carbons (Fsp3) is 0.650. The van der Waals surface area contributed by atoms with Gasteiger partial charge >= 0.3 is 0 Å². The van der Waals surface area contributed by atoms with Gasteiger partial charge in [-0.2, -0.15) is 0 Å². The van der Waals surface area contributed by atoms with Crippen LogP contribution in [0.2, 0.25) is 0 Å². The SMILES string of the molecule is c1ccc2c(c1)nc(CCC1CCCCC1)n2C1CCNCC1. The monoisotopic (exact) mass is 311 g/mol. The predicted molar refractivity (Wildman–Crippen MR) is 95.8 cm³/mol. The molecule has 0 amide bonds. The van der Waals surface area contributed by atoms with E-state index in [2.05, 4.69) is 34.1 Å². The predicted octanol–water partition coefficient (Wildman–Crippen LogP) is 4.47. The first-order valence-electron chi connectivity index (χ1n) is 9.58. The Morgan fingerprint density at radius 1 is 1.00 bits per heavy atom. The van der Waals surface area contributed by atoms with Gasteiger partial charge in [0, 0.05) is 12.5 Å². The van der Waals surface area contributed by atoms with E-state index in [-0.39, 0.29) is 0 Å². The lowest BCUT2D eigenvalue weighted by Gasteiger charge is -2.27. The third-order valence-corrected chi connectivity index (χ3v) is 5.84. The number of aryl methyl sites for hydroxylation is 1. The van der Waals surface area contributed by atoms with Gasteiger partial charge < -0.3 is 9.88 Å². The van der Waals surface area contributed by atoms with Crippen LogP contribution in [0.3, 0.4) is 0 Å². The van der Waals surface area contributed by atoms with Crippen molar-refractivity contribution in [2.75, 3.05) is 13.1 Å². The number of nitrogens with one attached hydrogen (secondary N) is 1. The molecule has 0 radical (unpaired) electrons. The minimum absolute atomic E-state index is 0.630. The molecule has 2 aromatic rings. The van der Waals surface area contributed by atoms with Crippen LogP contribution < -0.4 is 5.32 Å². The Morgan fingerprint density at radius 3 is 2.61 bits per heavy atom. The van der Waals surface area contributed by atoms with E-state index in [1.165, 1.54) is 68.2 Å². The Morgan fingerprint density at radius 2 is 1.78 bits per heavy atom. The highest BCUT2D eigenvalue weighted by Gasteiger charge is 2.22. The highest BCUT2D eigenvalue weighted by molar-refractivity contribution is 5.76. The van der Waals surface area contributed by atoms with E-state index in [4.69, 9.17) is 4.98 Å². The van der Waals surface area contributed by atoms with E-state index in [9.17, 15) is 0 Å². The highest BCUT2D eigenvalue weighted by atomic mass is 15.1. The van der Waals surface area contributed by atoms with Crippen LogP contribution in [-0.2, 0) is 6.42 Å². The summed E-state index contributed by atoms with van der Waals surface area (Å²) in [5, 5.41) is 3.49. The summed E-state index contributed by atoms with van der Waals surface area (Å²) in [5.74, 6) is 2.27. The normalized spacial score (nSPS) is 21.0. The van der Waals surface area contributed by atoms with Crippen LogP contribution in [0.25, 0.3) is 11.0 Å². The van der Waals surface area contributed by atoms with Gasteiger partial charge in [-0.3, -0.25) is 0 Å². The molecular weight excluding hydrogens is 282 g/mol. The summed E-state index contributed by atoms with van der Waals surface area (Å²) in [6.45, 7) is 2.28. The molecule has 4 rings (SSSR count). The van der Waals surface area contributed by atoms with Gasteiger partial charge in [0.05, 0.1) is 11.0 Å². The Bertz CT molecular complexity index is 633. The lowest BCUT2D eigenvalue weighted by molar-refractivity contribution is 0.328. The Hall–Kier alpha value is -1.35. The smallest absolute Gasteiger partial charge is 0.110 e. The van der Waals surface area contributed by atoms with Crippen LogP contribution in [0, 0.1) is 5.92 Å². The lowest BCUT2D eigenvalue weighted by Crippen LogP contribution is -2.30. The zero-order valence-corrected chi connectivity index (χ0v) is 14.1. The molecule has 1 saturated carbocycles. The topological polar surface area (TPSA) is 29.9 Å². The molecule has 0 atom stereocenters. The first-order chi connectivity index (χ1) is 11.4. The van der Waals surface area contributed by atoms with Gasteiger partial charge in [0.2, 0.25) is 0 Å². The van der Waals surface area contributed by atoms with Gasteiger partial charge in [-0.15, -0.1) is 0 Å². The van der Waals surface area contributed by atoms with Crippen molar-refractivity contribution in [2.24, 2.45) is 5.92 Å². The first kappa shape index (κ1) is 15.2. The quantitative estimate of drug-likeness (QED) is 0.902. The van der Waals surface area contributed by atoms with Crippen LogP contribution in [0.1, 0.15) is 63.2 Å². The summed E-state index contributed by atoms with van der Waals surface area (Å²) in [7, 11) is 0. The maximum atomic E-state index is 5.01. The first-order valence-corrected chi connectivity index (χ1v) is 9.58. The summed E-state index contributed by atoms with van der Waals surface area (Å²) in [6, 6.07) is 9.34. The molecule has 3 heteroatoms. The van der Waals surface area contributed by atoms with Crippen molar-refractivity contribution in [1.82, 2.24) is 14.9 Å². The van der Waals surface area contributed by atoms with Crippen LogP contribution >= 0.6 is 0 Å². The maximum Gasteiger partial charge on any atom is 0.110 e. The van der Waals surface area contributed by atoms with Gasteiger partial charge in [-0.1, -0.05) is 44.2 Å². The Labute approximate surface area is 139 Å². The molecule has 1 aliphatic carbocycles. The number of para-hydroxylation sites is 2. The second kappa shape index (κ2) is 7.04. The molecular formula is C20H29N3. The summed E-state index contributed by atoms with van der Waals surface area (Å²) in [4.78, 5) is 5.01. The average molecular weight is 311 g/mol. The molecule has 1 N–H and O–H groups in total. The van der Waals surface area contributed by atoms with Crippen molar-refractivity contribution < 1.29 is 0 Å². The molecule has 2 heterocycles. The number of hydrogen-bond acceptors (Lipinski definition) is 2. The van der Waals surface area contributed by atoms with Crippen LogP contribution in [0.15, 0.2) is 24.3 Å². The fourth-order valence-electron chi connectivity index (χ4n) is 4.55. The van der Waals surface area contributed by atoms with Crippen molar-refractivity contribution in [2.45, 2.75) is 63.8 Å². The van der Waals surface area contributed by atoms with Crippen molar-refractivity contribution in [3.8, 4) is 0 Å². The molecule has 3 nitrogen and oxygen atoms in total. The molecule has 124 valence electrons. The Balaban J connectivity index is 1.59. The van der Waals surface area contributed by atoms with Gasteiger partial charge in [0.25, 0.3) is 0 Å². The van der Waals surface area contributed by atoms with Crippen molar-refractivity contribution in [3.05, 3.63) is 30.1 Å². The molecule has 1 aliphatic heterocycles. The zero-order chi connectivity index (χ0) is 15.5. The number of hydrogen-bond donors (Lipinski definition) is 1. The minimum Gasteiger partial charge on any atom is -0.325 e. The number of rotatable bonds is 4. The number of piperidine rings is 1. The largest absolute Gasteiger partial charge is 0.325 e. The molecule has 0 unspecified atom stereocenters. The molecule has 1 aromatic carbocycles. The van der Waals surface area contributed by atoms with Crippen molar-refractivity contribution in [1.29, 1.82) is 0 Å². The molecule has 0 spiro atoms. The maximum absolute atomic E-state index is 5.01. The van der Waals surface area contributed by atoms with Crippen molar-refractivity contribution in [3.63, 3.8) is 0 Å². The van der Waals surface area contributed by atoms with E-state index >= 15 is 0 Å². The second-order valence-corrected chi connectivity index (χ2v) is 7.41.